The second-order valence-electron chi connectivity index (χ2n) is 5.69. The zero-order chi connectivity index (χ0) is 18.1. The molecule has 0 fully saturated rings. The van der Waals surface area contributed by atoms with Crippen molar-refractivity contribution in [2.75, 3.05) is 18.2 Å². The minimum absolute atomic E-state index is 0.00690. The summed E-state index contributed by atoms with van der Waals surface area (Å²) in [7, 11) is 3.23. The van der Waals surface area contributed by atoms with E-state index in [0.717, 1.165) is 11.3 Å². The van der Waals surface area contributed by atoms with Gasteiger partial charge in [-0.25, -0.2) is 0 Å². The number of carbonyl (C=O) groups is 1. The Morgan fingerprint density at radius 2 is 2.20 bits per heavy atom. The van der Waals surface area contributed by atoms with Crippen molar-refractivity contribution in [3.05, 3.63) is 39.7 Å². The van der Waals surface area contributed by atoms with E-state index in [4.69, 9.17) is 4.74 Å². The molecule has 0 unspecified atom stereocenters. The highest BCUT2D eigenvalue weighted by molar-refractivity contribution is 7.99. The minimum Gasteiger partial charge on any atom is -0.504 e. The van der Waals surface area contributed by atoms with E-state index < -0.39 is 5.92 Å². The Labute approximate surface area is 149 Å². The van der Waals surface area contributed by atoms with Crippen LogP contribution < -0.4 is 15.6 Å². The number of carbonyl (C=O) groups excluding carboxylic acids is 1. The summed E-state index contributed by atoms with van der Waals surface area (Å²) in [5.41, 5.74) is 0.830. The Kier molecular flexibility index (Phi) is 4.71. The number of rotatable bonds is 4. The van der Waals surface area contributed by atoms with Crippen LogP contribution in [0.2, 0.25) is 0 Å². The van der Waals surface area contributed by atoms with Gasteiger partial charge in [0, 0.05) is 19.4 Å². The summed E-state index contributed by atoms with van der Waals surface area (Å²) in [5.74, 6) is 0.944. The Morgan fingerprint density at radius 3 is 2.88 bits per heavy atom. The van der Waals surface area contributed by atoms with Crippen LogP contribution in [-0.4, -0.2) is 33.4 Å². The number of benzene rings is 1. The summed E-state index contributed by atoms with van der Waals surface area (Å²) >= 11 is 1.44. The van der Waals surface area contributed by atoms with Gasteiger partial charge >= 0.3 is 0 Å². The van der Waals surface area contributed by atoms with Gasteiger partial charge in [-0.15, -0.1) is 0 Å². The summed E-state index contributed by atoms with van der Waals surface area (Å²) in [4.78, 5) is 29.1. The van der Waals surface area contributed by atoms with Crippen LogP contribution in [0.15, 0.2) is 28.2 Å². The van der Waals surface area contributed by atoms with Crippen LogP contribution in [0.1, 0.15) is 30.4 Å². The number of anilines is 1. The first-order chi connectivity index (χ1) is 12.0. The maximum atomic E-state index is 12.7. The number of methoxy groups -OCH3 is 1. The number of thioether (sulfide) groups is 1. The lowest BCUT2D eigenvalue weighted by molar-refractivity contribution is -0.116. The summed E-state index contributed by atoms with van der Waals surface area (Å²) in [6.45, 7) is 1.97. The normalized spacial score (nSPS) is 16.3. The van der Waals surface area contributed by atoms with E-state index in [1.807, 2.05) is 6.92 Å². The molecule has 0 spiro atoms. The molecule has 0 saturated carbocycles. The number of aromatic hydroxyl groups is 1. The van der Waals surface area contributed by atoms with Crippen molar-refractivity contribution in [1.82, 2.24) is 9.55 Å². The van der Waals surface area contributed by atoms with Gasteiger partial charge < -0.3 is 19.7 Å². The van der Waals surface area contributed by atoms with Gasteiger partial charge in [0.15, 0.2) is 16.7 Å². The molecule has 1 aromatic carbocycles. The number of hydrogen-bond acceptors (Lipinski definition) is 6. The van der Waals surface area contributed by atoms with Crippen molar-refractivity contribution in [3.8, 4) is 11.5 Å². The van der Waals surface area contributed by atoms with Gasteiger partial charge in [-0.3, -0.25) is 9.59 Å². The molecule has 8 heteroatoms. The number of nitrogens with zero attached hydrogens (tertiary/aromatic N) is 2. The molecule has 1 aromatic heterocycles. The van der Waals surface area contributed by atoms with Crippen molar-refractivity contribution in [1.29, 1.82) is 0 Å². The van der Waals surface area contributed by atoms with Gasteiger partial charge in [0.1, 0.15) is 5.82 Å². The first kappa shape index (κ1) is 17.3. The third kappa shape index (κ3) is 3.09. The third-order valence-electron chi connectivity index (χ3n) is 4.18. The topological polar surface area (TPSA) is 93.5 Å². The highest BCUT2D eigenvalue weighted by atomic mass is 32.2. The summed E-state index contributed by atoms with van der Waals surface area (Å²) in [5, 5.41) is 13.2. The number of phenols is 1. The van der Waals surface area contributed by atoms with E-state index in [1.165, 1.54) is 24.9 Å². The molecule has 1 atom stereocenters. The van der Waals surface area contributed by atoms with Gasteiger partial charge in [0.05, 0.1) is 12.7 Å². The fourth-order valence-electron chi connectivity index (χ4n) is 2.99. The number of amides is 1. The molecule has 1 aliphatic heterocycles. The van der Waals surface area contributed by atoms with Crippen LogP contribution in [0, 0.1) is 0 Å². The van der Waals surface area contributed by atoms with E-state index >= 15 is 0 Å². The van der Waals surface area contributed by atoms with Crippen molar-refractivity contribution >= 4 is 23.5 Å². The maximum Gasteiger partial charge on any atom is 0.279 e. The fraction of sp³-hybridized carbons (Fsp3) is 0.353. The van der Waals surface area contributed by atoms with Gasteiger partial charge in [-0.05, 0) is 23.4 Å². The molecule has 0 saturated heterocycles. The molecule has 2 N–H and O–H groups in total. The molecular weight excluding hydrogens is 342 g/mol. The summed E-state index contributed by atoms with van der Waals surface area (Å²) < 4.78 is 6.89. The zero-order valence-corrected chi connectivity index (χ0v) is 15.0. The number of ether oxygens (including phenoxy) is 1. The van der Waals surface area contributed by atoms with E-state index in [0.29, 0.717) is 22.3 Å². The van der Waals surface area contributed by atoms with Crippen molar-refractivity contribution in [2.45, 2.75) is 24.4 Å². The molecule has 2 heterocycles. The average molecular weight is 361 g/mol. The summed E-state index contributed by atoms with van der Waals surface area (Å²) in [6, 6.07) is 4.84. The van der Waals surface area contributed by atoms with E-state index in [2.05, 4.69) is 10.3 Å². The molecule has 1 aliphatic rings. The quantitative estimate of drug-likeness (QED) is 0.640. The first-order valence-electron chi connectivity index (χ1n) is 7.86. The standard InChI is InChI=1S/C17H19N3O4S/c1-4-25-17-19-16(23)14-10(8-13(22)18-15(14)20(17)2)9-5-6-11(21)12(7-9)24-3/h5-7,10,21H,4,8H2,1-3H3,(H,18,22)/t10-/m1/s1. The monoisotopic (exact) mass is 361 g/mol. The molecule has 25 heavy (non-hydrogen) atoms. The molecule has 0 aliphatic carbocycles. The number of fused-ring (bicyclic) bond motifs is 1. The van der Waals surface area contributed by atoms with Crippen LogP contribution in [0.25, 0.3) is 0 Å². The van der Waals surface area contributed by atoms with E-state index in [-0.39, 0.29) is 23.6 Å². The van der Waals surface area contributed by atoms with Crippen LogP contribution in [-0.2, 0) is 11.8 Å². The second-order valence-corrected chi connectivity index (χ2v) is 6.92. The largest absolute Gasteiger partial charge is 0.504 e. The highest BCUT2D eigenvalue weighted by Crippen LogP contribution is 2.38. The molecule has 132 valence electrons. The van der Waals surface area contributed by atoms with E-state index in [1.54, 1.807) is 23.7 Å². The second kappa shape index (κ2) is 6.79. The zero-order valence-electron chi connectivity index (χ0n) is 14.2. The Bertz CT molecular complexity index is 894. The lowest BCUT2D eigenvalue weighted by Crippen LogP contribution is -2.33. The number of aromatic nitrogens is 2. The lowest BCUT2D eigenvalue weighted by Gasteiger charge is -2.27. The predicted molar refractivity (Wildman–Crippen MR) is 95.6 cm³/mol. The molecule has 0 bridgehead atoms. The van der Waals surface area contributed by atoms with Crippen LogP contribution in [0.3, 0.4) is 0 Å². The van der Waals surface area contributed by atoms with Gasteiger partial charge in [-0.1, -0.05) is 24.8 Å². The Balaban J connectivity index is 2.18. The molecule has 7 nitrogen and oxygen atoms in total. The first-order valence-corrected chi connectivity index (χ1v) is 8.85. The molecule has 0 radical (unpaired) electrons. The Morgan fingerprint density at radius 1 is 1.44 bits per heavy atom. The number of hydrogen-bond donors (Lipinski definition) is 2. The summed E-state index contributed by atoms with van der Waals surface area (Å²) in [6.07, 6.45) is 0.137. The van der Waals surface area contributed by atoms with Gasteiger partial charge in [0.2, 0.25) is 5.91 Å². The highest BCUT2D eigenvalue weighted by Gasteiger charge is 2.32. The van der Waals surface area contributed by atoms with Gasteiger partial charge in [0.25, 0.3) is 5.56 Å². The van der Waals surface area contributed by atoms with Crippen LogP contribution in [0.4, 0.5) is 5.82 Å². The average Bonchev–Trinajstić information content (AvgIpc) is 2.59. The fourth-order valence-corrected chi connectivity index (χ4v) is 3.68. The van der Waals surface area contributed by atoms with E-state index in [9.17, 15) is 14.7 Å². The molecular formula is C17H19N3O4S. The SMILES string of the molecule is CCSc1nc(=O)c2c(n1C)NC(=O)C[C@@H]2c1ccc(O)c(OC)c1. The molecule has 2 aromatic rings. The van der Waals surface area contributed by atoms with Crippen molar-refractivity contribution in [2.24, 2.45) is 7.05 Å². The van der Waals surface area contributed by atoms with Crippen molar-refractivity contribution < 1.29 is 14.6 Å². The van der Waals surface area contributed by atoms with Crippen molar-refractivity contribution in [3.63, 3.8) is 0 Å². The molecule has 3 rings (SSSR count). The maximum absolute atomic E-state index is 12.7. The molecule has 1 amide bonds. The minimum atomic E-state index is -0.440. The number of nitrogens with one attached hydrogen (secondary N) is 1. The van der Waals surface area contributed by atoms with Crippen LogP contribution in [0.5, 0.6) is 11.5 Å². The van der Waals surface area contributed by atoms with Gasteiger partial charge in [-0.2, -0.15) is 4.98 Å². The number of phenolic OH excluding ortho intramolecular Hbond substituents is 1. The third-order valence-corrected chi connectivity index (χ3v) is 5.09. The predicted octanol–water partition coefficient (Wildman–Crippen LogP) is 2.08. The lowest BCUT2D eigenvalue weighted by atomic mass is 9.86. The van der Waals surface area contributed by atoms with Crippen LogP contribution >= 0.6 is 11.8 Å². The smallest absolute Gasteiger partial charge is 0.279 e. The Hall–Kier alpha value is -2.48.